The van der Waals surface area contributed by atoms with Crippen LogP contribution in [0.25, 0.3) is 0 Å². The minimum atomic E-state index is 0. The van der Waals surface area contributed by atoms with Crippen LogP contribution in [0.15, 0.2) is 0 Å². The van der Waals surface area contributed by atoms with Crippen LogP contribution < -0.4 is 10.6 Å². The second-order valence-corrected chi connectivity index (χ2v) is 4.95. The summed E-state index contributed by atoms with van der Waals surface area (Å²) >= 11 is 0. The molecule has 2 aliphatic rings. The van der Waals surface area contributed by atoms with Crippen LogP contribution in [0.4, 0.5) is 0 Å². The Morgan fingerprint density at radius 3 is 2.62 bits per heavy atom. The smallest absolute Gasteiger partial charge is 0.220 e. The fraction of sp³-hybridized carbons (Fsp3) is 0.917. The Morgan fingerprint density at radius 1 is 1.25 bits per heavy atom. The molecular weight excluding hydrogens is 224 g/mol. The first kappa shape index (κ1) is 13.8. The van der Waals surface area contributed by atoms with Gasteiger partial charge < -0.3 is 10.6 Å². The Morgan fingerprint density at radius 2 is 2.06 bits per heavy atom. The number of amides is 1. The van der Waals surface area contributed by atoms with Gasteiger partial charge in [-0.3, -0.25) is 4.79 Å². The van der Waals surface area contributed by atoms with Crippen LogP contribution >= 0.6 is 12.4 Å². The highest BCUT2D eigenvalue weighted by Crippen LogP contribution is 2.30. The Kier molecular flexibility index (Phi) is 6.14. The van der Waals surface area contributed by atoms with Gasteiger partial charge in [-0.2, -0.15) is 0 Å². The van der Waals surface area contributed by atoms with Crippen molar-refractivity contribution in [3.63, 3.8) is 0 Å². The predicted octanol–water partition coefficient (Wildman–Crippen LogP) is 1.86. The summed E-state index contributed by atoms with van der Waals surface area (Å²) in [6.45, 7) is 2.06. The van der Waals surface area contributed by atoms with Crippen molar-refractivity contribution in [2.45, 2.75) is 51.0 Å². The highest BCUT2D eigenvalue weighted by molar-refractivity contribution is 5.85. The van der Waals surface area contributed by atoms with Gasteiger partial charge in [0.2, 0.25) is 5.91 Å². The maximum absolute atomic E-state index is 11.6. The van der Waals surface area contributed by atoms with Crippen molar-refractivity contribution in [1.29, 1.82) is 0 Å². The molecule has 94 valence electrons. The molecule has 0 aromatic rings. The monoisotopic (exact) mass is 246 g/mol. The summed E-state index contributed by atoms with van der Waals surface area (Å²) in [5, 5.41) is 6.43. The molecule has 0 aromatic carbocycles. The molecule has 1 amide bonds. The zero-order chi connectivity index (χ0) is 10.5. The van der Waals surface area contributed by atoms with Gasteiger partial charge in [-0.1, -0.05) is 19.3 Å². The van der Waals surface area contributed by atoms with Gasteiger partial charge in [0.25, 0.3) is 0 Å². The first-order valence-electron chi connectivity index (χ1n) is 6.34. The number of piperidine rings is 1. The molecule has 1 aliphatic carbocycles. The van der Waals surface area contributed by atoms with E-state index in [-0.39, 0.29) is 18.3 Å². The number of hydrogen-bond acceptors (Lipinski definition) is 2. The lowest BCUT2D eigenvalue weighted by atomic mass is 9.82. The molecule has 0 bridgehead atoms. The normalized spacial score (nSPS) is 25.4. The molecular formula is C12H23ClN2O. The summed E-state index contributed by atoms with van der Waals surface area (Å²) in [5.74, 6) is 1.11. The molecule has 0 radical (unpaired) electrons. The zero-order valence-corrected chi connectivity index (χ0v) is 10.7. The van der Waals surface area contributed by atoms with Gasteiger partial charge in [0.1, 0.15) is 0 Å². The van der Waals surface area contributed by atoms with Gasteiger partial charge in [0.05, 0.1) is 0 Å². The third kappa shape index (κ3) is 4.30. The van der Waals surface area contributed by atoms with E-state index >= 15 is 0 Å². The van der Waals surface area contributed by atoms with Gasteiger partial charge >= 0.3 is 0 Å². The average Bonchev–Trinajstić information content (AvgIpc) is 2.17. The van der Waals surface area contributed by atoms with E-state index in [1.54, 1.807) is 0 Å². The highest BCUT2D eigenvalue weighted by atomic mass is 35.5. The molecule has 1 saturated carbocycles. The van der Waals surface area contributed by atoms with Crippen LogP contribution in [0.3, 0.4) is 0 Å². The molecule has 2 rings (SSSR count). The van der Waals surface area contributed by atoms with E-state index in [1.807, 2.05) is 0 Å². The number of carbonyl (C=O) groups excluding carboxylic acids is 1. The molecule has 2 fully saturated rings. The molecule has 1 atom stereocenters. The number of hydrogen-bond donors (Lipinski definition) is 2. The summed E-state index contributed by atoms with van der Waals surface area (Å²) in [7, 11) is 0. The number of halogens is 1. The molecule has 1 heterocycles. The maximum atomic E-state index is 11.6. The van der Waals surface area contributed by atoms with E-state index in [9.17, 15) is 4.79 Å². The number of rotatable bonds is 4. The Labute approximate surface area is 104 Å². The molecule has 1 aliphatic heterocycles. The van der Waals surface area contributed by atoms with Crippen LogP contribution in [-0.2, 0) is 4.79 Å². The van der Waals surface area contributed by atoms with E-state index in [1.165, 1.54) is 25.7 Å². The average molecular weight is 247 g/mol. The van der Waals surface area contributed by atoms with E-state index in [2.05, 4.69) is 10.6 Å². The second-order valence-electron chi connectivity index (χ2n) is 4.95. The lowest BCUT2D eigenvalue weighted by molar-refractivity contribution is -0.122. The fourth-order valence-electron chi connectivity index (χ4n) is 2.39. The lowest BCUT2D eigenvalue weighted by Gasteiger charge is -2.26. The SMILES string of the molecule is Cl.O=C(CCC1CCC1)N[C@H]1CCCNC1. The number of carbonyl (C=O) groups is 1. The molecule has 4 heteroatoms. The highest BCUT2D eigenvalue weighted by Gasteiger charge is 2.19. The van der Waals surface area contributed by atoms with Gasteiger partial charge in [-0.25, -0.2) is 0 Å². The van der Waals surface area contributed by atoms with Crippen LogP contribution in [0.5, 0.6) is 0 Å². The van der Waals surface area contributed by atoms with Crippen LogP contribution in [0.2, 0.25) is 0 Å². The molecule has 0 spiro atoms. The molecule has 0 unspecified atom stereocenters. The molecule has 16 heavy (non-hydrogen) atoms. The minimum Gasteiger partial charge on any atom is -0.352 e. The summed E-state index contributed by atoms with van der Waals surface area (Å²) in [6.07, 6.45) is 8.23. The van der Waals surface area contributed by atoms with E-state index in [4.69, 9.17) is 0 Å². The van der Waals surface area contributed by atoms with Crippen molar-refractivity contribution in [3.05, 3.63) is 0 Å². The molecule has 0 aromatic heterocycles. The first-order valence-corrected chi connectivity index (χ1v) is 6.34. The van der Waals surface area contributed by atoms with Crippen molar-refractivity contribution in [3.8, 4) is 0 Å². The maximum Gasteiger partial charge on any atom is 0.220 e. The van der Waals surface area contributed by atoms with Crippen molar-refractivity contribution < 1.29 is 4.79 Å². The Balaban J connectivity index is 0.00000128. The second kappa shape index (κ2) is 7.13. The van der Waals surface area contributed by atoms with E-state index in [0.29, 0.717) is 6.04 Å². The number of nitrogens with one attached hydrogen (secondary N) is 2. The first-order chi connectivity index (χ1) is 7.34. The predicted molar refractivity (Wildman–Crippen MR) is 67.9 cm³/mol. The van der Waals surface area contributed by atoms with Crippen molar-refractivity contribution in [1.82, 2.24) is 10.6 Å². The molecule has 3 nitrogen and oxygen atoms in total. The van der Waals surface area contributed by atoms with Crippen LogP contribution in [0.1, 0.15) is 44.9 Å². The van der Waals surface area contributed by atoms with Gasteiger partial charge in [0, 0.05) is 19.0 Å². The summed E-state index contributed by atoms with van der Waals surface area (Å²) in [4.78, 5) is 11.6. The summed E-state index contributed by atoms with van der Waals surface area (Å²) < 4.78 is 0. The van der Waals surface area contributed by atoms with E-state index in [0.717, 1.165) is 38.3 Å². The third-order valence-corrected chi connectivity index (χ3v) is 3.67. The minimum absolute atomic E-state index is 0. The van der Waals surface area contributed by atoms with Crippen molar-refractivity contribution >= 4 is 18.3 Å². The molecule has 1 saturated heterocycles. The fourth-order valence-corrected chi connectivity index (χ4v) is 2.39. The molecule has 2 N–H and O–H groups in total. The third-order valence-electron chi connectivity index (χ3n) is 3.67. The quantitative estimate of drug-likeness (QED) is 0.795. The van der Waals surface area contributed by atoms with Crippen LogP contribution in [0, 0.1) is 5.92 Å². The Bertz CT molecular complexity index is 213. The largest absolute Gasteiger partial charge is 0.352 e. The Hall–Kier alpha value is -0.280. The van der Waals surface area contributed by atoms with Crippen molar-refractivity contribution in [2.75, 3.05) is 13.1 Å². The van der Waals surface area contributed by atoms with Gasteiger partial charge in [-0.15, -0.1) is 12.4 Å². The topological polar surface area (TPSA) is 41.1 Å². The van der Waals surface area contributed by atoms with Crippen molar-refractivity contribution in [2.24, 2.45) is 5.92 Å². The van der Waals surface area contributed by atoms with Gasteiger partial charge in [0.15, 0.2) is 0 Å². The lowest BCUT2D eigenvalue weighted by Crippen LogP contribution is -2.45. The van der Waals surface area contributed by atoms with E-state index < -0.39 is 0 Å². The summed E-state index contributed by atoms with van der Waals surface area (Å²) in [5.41, 5.74) is 0. The summed E-state index contributed by atoms with van der Waals surface area (Å²) in [6, 6.07) is 0.382. The van der Waals surface area contributed by atoms with Crippen LogP contribution in [-0.4, -0.2) is 25.0 Å². The van der Waals surface area contributed by atoms with Gasteiger partial charge in [-0.05, 0) is 31.7 Å². The zero-order valence-electron chi connectivity index (χ0n) is 9.84. The standard InChI is InChI=1S/C12H22N2O.ClH/c15-12(7-6-10-3-1-4-10)14-11-5-2-8-13-9-11;/h10-11,13H,1-9H2,(H,14,15);1H/t11-;/m0./s1.